The minimum absolute atomic E-state index is 0.112. The third-order valence-corrected chi connectivity index (χ3v) is 3.63. The van der Waals surface area contributed by atoms with Crippen molar-refractivity contribution in [3.63, 3.8) is 0 Å². The molecular weight excluding hydrogens is 334 g/mol. The molecule has 0 atom stereocenters. The molecule has 0 aliphatic rings. The van der Waals surface area contributed by atoms with Crippen molar-refractivity contribution in [3.05, 3.63) is 82.4 Å². The van der Waals surface area contributed by atoms with Gasteiger partial charge in [-0.2, -0.15) is 4.98 Å². The highest BCUT2D eigenvalue weighted by atomic mass is 16.6. The summed E-state index contributed by atoms with van der Waals surface area (Å²) in [4.78, 5) is 15.0. The highest BCUT2D eigenvalue weighted by Gasteiger charge is 2.16. The molecule has 7 nitrogen and oxygen atoms in total. The first kappa shape index (κ1) is 17.2. The molecular formula is C19H17N3O4. The number of benzene rings is 2. The van der Waals surface area contributed by atoms with Crippen molar-refractivity contribution in [1.29, 1.82) is 0 Å². The molecule has 2 aromatic carbocycles. The van der Waals surface area contributed by atoms with E-state index in [0.717, 1.165) is 11.3 Å². The van der Waals surface area contributed by atoms with Gasteiger partial charge in [-0.1, -0.05) is 30.3 Å². The molecule has 132 valence electrons. The van der Waals surface area contributed by atoms with E-state index in [1.54, 1.807) is 19.2 Å². The lowest BCUT2D eigenvalue weighted by molar-refractivity contribution is -0.384. The van der Waals surface area contributed by atoms with Gasteiger partial charge in [-0.05, 0) is 29.8 Å². The molecule has 1 heterocycles. The third-order valence-electron chi connectivity index (χ3n) is 3.63. The SMILES string of the molecule is COc1ccc(CNc2nc(Oc3ccccc3)ccc2[N+](=O)[O-])cc1. The van der Waals surface area contributed by atoms with Gasteiger partial charge in [-0.15, -0.1) is 0 Å². The van der Waals surface area contributed by atoms with Crippen LogP contribution in [0.1, 0.15) is 5.56 Å². The quantitative estimate of drug-likeness (QED) is 0.501. The fraction of sp³-hybridized carbons (Fsp3) is 0.105. The van der Waals surface area contributed by atoms with Crippen molar-refractivity contribution >= 4 is 11.5 Å². The van der Waals surface area contributed by atoms with Crippen LogP contribution < -0.4 is 14.8 Å². The lowest BCUT2D eigenvalue weighted by atomic mass is 10.2. The van der Waals surface area contributed by atoms with Crippen LogP contribution in [0.15, 0.2) is 66.7 Å². The fourth-order valence-electron chi connectivity index (χ4n) is 2.31. The van der Waals surface area contributed by atoms with Crippen LogP contribution in [0.5, 0.6) is 17.4 Å². The Kier molecular flexibility index (Phi) is 5.28. The largest absolute Gasteiger partial charge is 0.497 e. The van der Waals surface area contributed by atoms with Crippen LogP contribution in [0.3, 0.4) is 0 Å². The Bertz CT molecular complexity index is 883. The Morgan fingerprint density at radius 3 is 2.38 bits per heavy atom. The average molecular weight is 351 g/mol. The number of hydrogen-bond donors (Lipinski definition) is 1. The van der Waals surface area contributed by atoms with Gasteiger partial charge in [-0.3, -0.25) is 10.1 Å². The molecule has 1 aromatic heterocycles. The Hall–Kier alpha value is -3.61. The van der Waals surface area contributed by atoms with E-state index < -0.39 is 4.92 Å². The molecule has 0 fully saturated rings. The second kappa shape index (κ2) is 7.98. The predicted octanol–water partition coefficient (Wildman–Crippen LogP) is 4.40. The second-order valence-corrected chi connectivity index (χ2v) is 5.39. The van der Waals surface area contributed by atoms with Crippen molar-refractivity contribution in [1.82, 2.24) is 4.98 Å². The summed E-state index contributed by atoms with van der Waals surface area (Å²) in [5.41, 5.74) is 0.829. The van der Waals surface area contributed by atoms with Crippen molar-refractivity contribution in [2.75, 3.05) is 12.4 Å². The first-order valence-corrected chi connectivity index (χ1v) is 7.91. The number of para-hydroxylation sites is 1. The lowest BCUT2D eigenvalue weighted by Gasteiger charge is -2.10. The van der Waals surface area contributed by atoms with Gasteiger partial charge in [0.2, 0.25) is 11.7 Å². The van der Waals surface area contributed by atoms with Crippen molar-refractivity contribution in [2.45, 2.75) is 6.54 Å². The first-order chi connectivity index (χ1) is 12.7. The highest BCUT2D eigenvalue weighted by Crippen LogP contribution is 2.28. The van der Waals surface area contributed by atoms with Crippen LogP contribution in [0.25, 0.3) is 0 Å². The minimum atomic E-state index is -0.477. The zero-order chi connectivity index (χ0) is 18.4. The van der Waals surface area contributed by atoms with E-state index in [0.29, 0.717) is 12.3 Å². The van der Waals surface area contributed by atoms with Crippen LogP contribution in [-0.4, -0.2) is 17.0 Å². The zero-order valence-electron chi connectivity index (χ0n) is 14.1. The number of nitrogens with zero attached hydrogens (tertiary/aromatic N) is 2. The summed E-state index contributed by atoms with van der Waals surface area (Å²) in [6.07, 6.45) is 0. The summed E-state index contributed by atoms with van der Waals surface area (Å²) in [6.45, 7) is 0.382. The van der Waals surface area contributed by atoms with E-state index in [4.69, 9.17) is 9.47 Å². The number of ether oxygens (including phenoxy) is 2. The van der Waals surface area contributed by atoms with Gasteiger partial charge in [0.1, 0.15) is 11.5 Å². The van der Waals surface area contributed by atoms with Gasteiger partial charge < -0.3 is 14.8 Å². The topological polar surface area (TPSA) is 86.5 Å². The van der Waals surface area contributed by atoms with Gasteiger partial charge in [0.25, 0.3) is 0 Å². The maximum atomic E-state index is 11.3. The monoisotopic (exact) mass is 351 g/mol. The van der Waals surface area contributed by atoms with Crippen molar-refractivity contribution in [2.24, 2.45) is 0 Å². The van der Waals surface area contributed by atoms with E-state index in [1.165, 1.54) is 12.1 Å². The Labute approximate surface area is 150 Å². The summed E-state index contributed by atoms with van der Waals surface area (Å²) in [5, 5.41) is 14.3. The number of anilines is 1. The fourth-order valence-corrected chi connectivity index (χ4v) is 2.31. The molecule has 3 rings (SSSR count). The van der Waals surface area contributed by atoms with Gasteiger partial charge >= 0.3 is 5.69 Å². The third kappa shape index (κ3) is 4.27. The maximum Gasteiger partial charge on any atom is 0.311 e. The molecule has 0 amide bonds. The molecule has 0 aliphatic carbocycles. The van der Waals surface area contributed by atoms with E-state index in [9.17, 15) is 10.1 Å². The van der Waals surface area contributed by atoms with Gasteiger partial charge in [-0.25, -0.2) is 0 Å². The Balaban J connectivity index is 1.78. The molecule has 1 N–H and O–H groups in total. The molecule has 7 heteroatoms. The van der Waals surface area contributed by atoms with Crippen LogP contribution >= 0.6 is 0 Å². The van der Waals surface area contributed by atoms with Crippen molar-refractivity contribution in [3.8, 4) is 17.4 Å². The standard InChI is InChI=1S/C19H17N3O4/c1-25-15-9-7-14(8-10-15)13-20-19-17(22(23)24)11-12-18(21-19)26-16-5-3-2-4-6-16/h2-12H,13H2,1H3,(H,20,21). The van der Waals surface area contributed by atoms with Crippen LogP contribution in [0, 0.1) is 10.1 Å². The van der Waals surface area contributed by atoms with E-state index >= 15 is 0 Å². The van der Waals surface area contributed by atoms with Gasteiger partial charge in [0.15, 0.2) is 0 Å². The lowest BCUT2D eigenvalue weighted by Crippen LogP contribution is -2.05. The van der Waals surface area contributed by atoms with Crippen molar-refractivity contribution < 1.29 is 14.4 Å². The highest BCUT2D eigenvalue weighted by molar-refractivity contribution is 5.57. The Morgan fingerprint density at radius 2 is 1.73 bits per heavy atom. The summed E-state index contributed by atoms with van der Waals surface area (Å²) in [7, 11) is 1.60. The number of pyridine rings is 1. The minimum Gasteiger partial charge on any atom is -0.497 e. The maximum absolute atomic E-state index is 11.3. The van der Waals surface area contributed by atoms with Crippen LogP contribution in [-0.2, 0) is 6.54 Å². The number of methoxy groups -OCH3 is 1. The van der Waals surface area contributed by atoms with Gasteiger partial charge in [0.05, 0.1) is 12.0 Å². The second-order valence-electron chi connectivity index (χ2n) is 5.39. The average Bonchev–Trinajstić information content (AvgIpc) is 2.67. The molecule has 0 saturated carbocycles. The molecule has 0 unspecified atom stereocenters. The number of nitrogens with one attached hydrogen (secondary N) is 1. The molecule has 3 aromatic rings. The smallest absolute Gasteiger partial charge is 0.311 e. The van der Waals surface area contributed by atoms with E-state index in [2.05, 4.69) is 10.3 Å². The molecule has 0 aliphatic heterocycles. The number of aromatic nitrogens is 1. The number of hydrogen-bond acceptors (Lipinski definition) is 6. The molecule has 0 bridgehead atoms. The molecule has 26 heavy (non-hydrogen) atoms. The molecule has 0 spiro atoms. The normalized spacial score (nSPS) is 10.2. The summed E-state index contributed by atoms with van der Waals surface area (Å²) in [6, 6.07) is 19.4. The van der Waals surface area contributed by atoms with Crippen LogP contribution in [0.4, 0.5) is 11.5 Å². The number of rotatable bonds is 7. The molecule has 0 radical (unpaired) electrons. The summed E-state index contributed by atoms with van der Waals surface area (Å²) in [5.74, 6) is 1.78. The number of nitro groups is 1. The predicted molar refractivity (Wildman–Crippen MR) is 97.7 cm³/mol. The van der Waals surface area contributed by atoms with Gasteiger partial charge in [0, 0.05) is 18.7 Å². The van der Waals surface area contributed by atoms with Crippen LogP contribution in [0.2, 0.25) is 0 Å². The Morgan fingerprint density at radius 1 is 1.00 bits per heavy atom. The van der Waals surface area contributed by atoms with E-state index in [1.807, 2.05) is 42.5 Å². The first-order valence-electron chi connectivity index (χ1n) is 7.91. The summed E-state index contributed by atoms with van der Waals surface area (Å²) >= 11 is 0. The summed E-state index contributed by atoms with van der Waals surface area (Å²) < 4.78 is 10.8. The zero-order valence-corrected chi connectivity index (χ0v) is 14.1. The van der Waals surface area contributed by atoms with E-state index in [-0.39, 0.29) is 17.4 Å². The molecule has 0 saturated heterocycles.